The van der Waals surface area contributed by atoms with Gasteiger partial charge in [0.05, 0.1) is 7.11 Å². The number of methoxy groups -OCH3 is 1. The van der Waals surface area contributed by atoms with Crippen LogP contribution < -0.4 is 10.1 Å². The third kappa shape index (κ3) is 3.72. The van der Waals surface area contributed by atoms with Crippen LogP contribution in [0.2, 0.25) is 0 Å². The van der Waals surface area contributed by atoms with Crippen LogP contribution in [0.15, 0.2) is 60.7 Å². The number of hydrogen-bond acceptors (Lipinski definition) is 3. The lowest BCUT2D eigenvalue weighted by atomic mass is 10.1. The molecule has 2 rings (SSSR count). The fourth-order valence-corrected chi connectivity index (χ4v) is 1.87. The third-order valence-corrected chi connectivity index (χ3v) is 2.78. The average Bonchev–Trinajstić information content (AvgIpc) is 2.47. The summed E-state index contributed by atoms with van der Waals surface area (Å²) in [7, 11) is 1.63. The highest BCUT2D eigenvalue weighted by molar-refractivity contribution is 5.97. The van der Waals surface area contributed by atoms with E-state index in [1.54, 1.807) is 13.2 Å². The Hall–Kier alpha value is -2.55. The van der Waals surface area contributed by atoms with E-state index < -0.39 is 0 Å². The van der Waals surface area contributed by atoms with E-state index in [-0.39, 0.29) is 5.78 Å². The fraction of sp³-hybridized carbons (Fsp3) is 0.118. The van der Waals surface area contributed by atoms with Gasteiger partial charge in [0, 0.05) is 23.5 Å². The lowest BCUT2D eigenvalue weighted by Crippen LogP contribution is -2.01. The van der Waals surface area contributed by atoms with Gasteiger partial charge in [-0.2, -0.15) is 0 Å². The number of carbonyl (C=O) groups is 1. The van der Waals surface area contributed by atoms with Crippen molar-refractivity contribution in [1.29, 1.82) is 0 Å². The van der Waals surface area contributed by atoms with Crippen LogP contribution in [0, 0.1) is 0 Å². The second-order valence-electron chi connectivity index (χ2n) is 4.39. The van der Waals surface area contributed by atoms with Crippen molar-refractivity contribution in [1.82, 2.24) is 0 Å². The van der Waals surface area contributed by atoms with E-state index in [9.17, 15) is 4.79 Å². The molecule has 0 saturated heterocycles. The van der Waals surface area contributed by atoms with E-state index in [4.69, 9.17) is 4.74 Å². The number of hydrogen-bond donors (Lipinski definition) is 1. The van der Waals surface area contributed by atoms with Gasteiger partial charge in [0.25, 0.3) is 0 Å². The van der Waals surface area contributed by atoms with Gasteiger partial charge in [-0.3, -0.25) is 4.79 Å². The van der Waals surface area contributed by atoms with Gasteiger partial charge in [-0.25, -0.2) is 0 Å². The van der Waals surface area contributed by atoms with Gasteiger partial charge < -0.3 is 10.1 Å². The van der Waals surface area contributed by atoms with E-state index in [0.717, 1.165) is 22.7 Å². The molecule has 0 saturated carbocycles. The molecule has 0 bridgehead atoms. The van der Waals surface area contributed by atoms with Gasteiger partial charge in [-0.1, -0.05) is 36.4 Å². The molecule has 20 heavy (non-hydrogen) atoms. The molecule has 3 nitrogen and oxygen atoms in total. The van der Waals surface area contributed by atoms with Crippen molar-refractivity contribution < 1.29 is 9.53 Å². The monoisotopic (exact) mass is 267 g/mol. The Morgan fingerprint density at radius 1 is 1.10 bits per heavy atom. The number of nitrogens with one attached hydrogen (secondary N) is 1. The molecule has 0 aliphatic heterocycles. The first kappa shape index (κ1) is 13.9. The zero-order chi connectivity index (χ0) is 14.4. The molecule has 0 fully saturated rings. The summed E-state index contributed by atoms with van der Waals surface area (Å²) in [4.78, 5) is 11.4. The summed E-state index contributed by atoms with van der Waals surface area (Å²) in [5.74, 6) is 0.768. The molecule has 2 aromatic carbocycles. The van der Waals surface area contributed by atoms with E-state index in [1.807, 2.05) is 54.6 Å². The van der Waals surface area contributed by atoms with E-state index in [0.29, 0.717) is 0 Å². The molecule has 0 aliphatic carbocycles. The van der Waals surface area contributed by atoms with Crippen LogP contribution in [0.4, 0.5) is 5.69 Å². The van der Waals surface area contributed by atoms with Gasteiger partial charge in [0.2, 0.25) is 0 Å². The van der Waals surface area contributed by atoms with E-state index >= 15 is 0 Å². The zero-order valence-corrected chi connectivity index (χ0v) is 11.6. The Morgan fingerprint density at radius 3 is 2.50 bits per heavy atom. The summed E-state index contributed by atoms with van der Waals surface area (Å²) < 4.78 is 5.20. The minimum Gasteiger partial charge on any atom is -0.497 e. The van der Waals surface area contributed by atoms with Crippen LogP contribution >= 0.6 is 0 Å². The maximum absolute atomic E-state index is 11.4. The number of carbonyl (C=O) groups excluding carboxylic acids is 1. The molecule has 1 N–H and O–H groups in total. The highest BCUT2D eigenvalue weighted by Crippen LogP contribution is 2.22. The molecule has 0 aliphatic rings. The summed E-state index contributed by atoms with van der Waals surface area (Å²) >= 11 is 0. The summed E-state index contributed by atoms with van der Waals surface area (Å²) in [6, 6.07) is 17.3. The van der Waals surface area contributed by atoms with Crippen molar-refractivity contribution in [3.8, 4) is 5.75 Å². The Labute approximate surface area is 118 Å². The number of rotatable bonds is 5. The third-order valence-electron chi connectivity index (χ3n) is 2.78. The molecule has 3 heteroatoms. The molecule has 0 atom stereocenters. The molecule has 0 aromatic heterocycles. The van der Waals surface area contributed by atoms with Gasteiger partial charge in [0.15, 0.2) is 5.78 Å². The number of ketones is 1. The smallest absolute Gasteiger partial charge is 0.154 e. The molecule has 102 valence electrons. The quantitative estimate of drug-likeness (QED) is 0.839. The Bertz CT molecular complexity index is 618. The summed E-state index contributed by atoms with van der Waals surface area (Å²) in [6.07, 6.45) is 1.59. The highest BCUT2D eigenvalue weighted by Gasteiger charge is 2.04. The maximum atomic E-state index is 11.4. The average molecular weight is 267 g/mol. The summed E-state index contributed by atoms with van der Waals surface area (Å²) in [5, 5.41) is 3.26. The Kier molecular flexibility index (Phi) is 4.56. The predicted molar refractivity (Wildman–Crippen MR) is 81.7 cm³/mol. The van der Waals surface area contributed by atoms with Gasteiger partial charge in [0.1, 0.15) is 5.75 Å². The molecule has 0 unspecified atom stereocenters. The van der Waals surface area contributed by atoms with Crippen molar-refractivity contribution in [2.45, 2.75) is 6.92 Å². The molecular weight excluding hydrogens is 250 g/mol. The highest BCUT2D eigenvalue weighted by atomic mass is 16.5. The normalized spacial score (nSPS) is 11.0. The lowest BCUT2D eigenvalue weighted by Gasteiger charge is -2.12. The van der Waals surface area contributed by atoms with E-state index in [2.05, 4.69) is 5.32 Å². The van der Waals surface area contributed by atoms with Crippen LogP contribution in [0.5, 0.6) is 5.75 Å². The molecule has 0 radical (unpaired) electrons. The van der Waals surface area contributed by atoms with Crippen LogP contribution in [0.1, 0.15) is 12.5 Å². The molecule has 0 heterocycles. The number of ether oxygens (including phenoxy) is 1. The zero-order valence-electron chi connectivity index (χ0n) is 11.6. The van der Waals surface area contributed by atoms with Crippen molar-refractivity contribution in [2.75, 3.05) is 12.4 Å². The summed E-state index contributed by atoms with van der Waals surface area (Å²) in [6.45, 7) is 1.54. The lowest BCUT2D eigenvalue weighted by molar-refractivity contribution is -0.112. The van der Waals surface area contributed by atoms with Gasteiger partial charge in [-0.15, -0.1) is 0 Å². The number of allylic oxidation sites excluding steroid dienone is 1. The van der Waals surface area contributed by atoms with Crippen molar-refractivity contribution >= 4 is 17.2 Å². The molecular formula is C17H17NO2. The minimum atomic E-state index is -0.000695. The summed E-state index contributed by atoms with van der Waals surface area (Å²) in [5.41, 5.74) is 2.61. The first-order valence-electron chi connectivity index (χ1n) is 6.38. The second-order valence-corrected chi connectivity index (χ2v) is 4.39. The molecule has 0 amide bonds. The maximum Gasteiger partial charge on any atom is 0.154 e. The van der Waals surface area contributed by atoms with Gasteiger partial charge in [-0.05, 0) is 24.6 Å². The SMILES string of the molecule is COc1cccc(N/C(=C\C(C)=O)c2ccccc2)c1. The first-order chi connectivity index (χ1) is 9.69. The van der Waals surface area contributed by atoms with Crippen molar-refractivity contribution in [3.63, 3.8) is 0 Å². The predicted octanol–water partition coefficient (Wildman–Crippen LogP) is 3.74. The van der Waals surface area contributed by atoms with Gasteiger partial charge >= 0.3 is 0 Å². The first-order valence-corrected chi connectivity index (χ1v) is 6.38. The minimum absolute atomic E-state index is 0.000695. The Balaban J connectivity index is 2.31. The number of anilines is 1. The Morgan fingerprint density at radius 2 is 1.85 bits per heavy atom. The van der Waals surface area contributed by atoms with Crippen LogP contribution in [-0.4, -0.2) is 12.9 Å². The number of benzene rings is 2. The second kappa shape index (κ2) is 6.57. The van der Waals surface area contributed by atoms with Crippen LogP contribution in [0.25, 0.3) is 5.70 Å². The molecule has 0 spiro atoms. The largest absolute Gasteiger partial charge is 0.497 e. The fourth-order valence-electron chi connectivity index (χ4n) is 1.87. The van der Waals surface area contributed by atoms with Crippen molar-refractivity contribution in [2.24, 2.45) is 0 Å². The standard InChI is InChI=1S/C17H17NO2/c1-13(19)11-17(14-7-4-3-5-8-14)18-15-9-6-10-16(12-15)20-2/h3-12,18H,1-2H3/b17-11-. The van der Waals surface area contributed by atoms with Crippen LogP contribution in [-0.2, 0) is 4.79 Å². The van der Waals surface area contributed by atoms with Crippen LogP contribution in [0.3, 0.4) is 0 Å². The topological polar surface area (TPSA) is 38.3 Å². The van der Waals surface area contributed by atoms with Crippen molar-refractivity contribution in [3.05, 3.63) is 66.2 Å². The molecule has 2 aromatic rings. The van der Waals surface area contributed by atoms with E-state index in [1.165, 1.54) is 6.92 Å².